The van der Waals surface area contributed by atoms with Crippen molar-refractivity contribution >= 4 is 11.8 Å². The minimum atomic E-state index is -0.303. The molecule has 1 aromatic heterocycles. The minimum absolute atomic E-state index is 0.288. The van der Waals surface area contributed by atoms with Crippen molar-refractivity contribution in [1.82, 2.24) is 15.3 Å². The Morgan fingerprint density at radius 2 is 1.72 bits per heavy atom. The van der Waals surface area contributed by atoms with Crippen molar-refractivity contribution < 1.29 is 9.59 Å². The summed E-state index contributed by atoms with van der Waals surface area (Å²) in [6.45, 7) is 0. The molecule has 0 spiro atoms. The highest BCUT2D eigenvalue weighted by atomic mass is 16.2. The van der Waals surface area contributed by atoms with Crippen molar-refractivity contribution in [2.45, 2.75) is 19.3 Å². The van der Waals surface area contributed by atoms with Crippen LogP contribution in [0.1, 0.15) is 38.4 Å². The number of amides is 2. The Labute approximate surface area is 145 Å². The van der Waals surface area contributed by atoms with Crippen LogP contribution in [-0.4, -0.2) is 21.8 Å². The number of benzene rings is 2. The summed E-state index contributed by atoms with van der Waals surface area (Å²) < 4.78 is 0. The van der Waals surface area contributed by atoms with Crippen molar-refractivity contribution in [2.75, 3.05) is 0 Å². The van der Waals surface area contributed by atoms with Crippen LogP contribution in [-0.2, 0) is 12.8 Å². The summed E-state index contributed by atoms with van der Waals surface area (Å²) in [5, 5.41) is 2.36. The first kappa shape index (κ1) is 15.3. The van der Waals surface area contributed by atoms with Gasteiger partial charge in [-0.3, -0.25) is 14.9 Å². The van der Waals surface area contributed by atoms with E-state index in [-0.39, 0.29) is 11.8 Å². The predicted molar refractivity (Wildman–Crippen MR) is 94.3 cm³/mol. The van der Waals surface area contributed by atoms with Crippen LogP contribution in [0.25, 0.3) is 11.4 Å². The molecule has 0 radical (unpaired) electrons. The monoisotopic (exact) mass is 331 g/mol. The van der Waals surface area contributed by atoms with Gasteiger partial charge in [-0.25, -0.2) is 4.98 Å². The van der Waals surface area contributed by atoms with Gasteiger partial charge >= 0.3 is 0 Å². The predicted octanol–water partition coefficient (Wildman–Crippen LogP) is 3.14. The molecule has 1 aliphatic rings. The van der Waals surface area contributed by atoms with E-state index in [2.05, 4.69) is 15.3 Å². The molecule has 0 saturated heterocycles. The first-order valence-corrected chi connectivity index (χ1v) is 8.29. The smallest absolute Gasteiger partial charge is 0.259 e. The van der Waals surface area contributed by atoms with E-state index in [1.807, 2.05) is 48.7 Å². The first-order valence-electron chi connectivity index (χ1n) is 8.29. The van der Waals surface area contributed by atoms with E-state index in [0.29, 0.717) is 11.1 Å². The van der Waals surface area contributed by atoms with E-state index < -0.39 is 0 Å². The minimum Gasteiger partial charge on any atom is -0.342 e. The Balaban J connectivity index is 1.44. The van der Waals surface area contributed by atoms with Gasteiger partial charge in [-0.2, -0.15) is 0 Å². The number of aromatic amines is 1. The Kier molecular flexibility index (Phi) is 3.90. The molecule has 25 heavy (non-hydrogen) atoms. The number of nitrogens with one attached hydrogen (secondary N) is 2. The first-order chi connectivity index (χ1) is 12.2. The lowest BCUT2D eigenvalue weighted by atomic mass is 9.98. The zero-order chi connectivity index (χ0) is 17.2. The maximum Gasteiger partial charge on any atom is 0.259 e. The number of nitrogens with zero attached hydrogens (tertiary/aromatic N) is 1. The SMILES string of the molecule is O=C1NC(=O)c2c(CCCc3cnc(-c4ccccc4)[nH]3)cccc21. The number of hydrogen-bond acceptors (Lipinski definition) is 3. The van der Waals surface area contributed by atoms with Crippen molar-refractivity contribution in [3.8, 4) is 11.4 Å². The molecule has 5 nitrogen and oxygen atoms in total. The molecular formula is C20H17N3O2. The Morgan fingerprint density at radius 3 is 2.56 bits per heavy atom. The highest BCUT2D eigenvalue weighted by Gasteiger charge is 2.28. The van der Waals surface area contributed by atoms with Crippen LogP contribution < -0.4 is 5.32 Å². The molecule has 2 amide bonds. The molecule has 3 aromatic rings. The quantitative estimate of drug-likeness (QED) is 0.705. The van der Waals surface area contributed by atoms with Gasteiger partial charge in [0.2, 0.25) is 0 Å². The second-order valence-electron chi connectivity index (χ2n) is 6.10. The fourth-order valence-electron chi connectivity index (χ4n) is 3.20. The maximum atomic E-state index is 11.9. The topological polar surface area (TPSA) is 74.8 Å². The van der Waals surface area contributed by atoms with Gasteiger partial charge in [0.1, 0.15) is 5.82 Å². The average Bonchev–Trinajstić information content (AvgIpc) is 3.21. The maximum absolute atomic E-state index is 11.9. The molecule has 0 aliphatic carbocycles. The van der Waals surface area contributed by atoms with Crippen molar-refractivity contribution in [1.29, 1.82) is 0 Å². The highest BCUT2D eigenvalue weighted by Crippen LogP contribution is 2.22. The number of aryl methyl sites for hydroxylation is 2. The van der Waals surface area contributed by atoms with E-state index >= 15 is 0 Å². The van der Waals surface area contributed by atoms with Crippen LogP contribution in [0.4, 0.5) is 0 Å². The molecule has 0 unspecified atom stereocenters. The van der Waals surface area contributed by atoms with Gasteiger partial charge < -0.3 is 4.98 Å². The van der Waals surface area contributed by atoms with Crippen molar-refractivity contribution in [3.05, 3.63) is 77.1 Å². The largest absolute Gasteiger partial charge is 0.342 e. The third-order valence-electron chi connectivity index (χ3n) is 4.42. The van der Waals surface area contributed by atoms with Gasteiger partial charge in [-0.1, -0.05) is 42.5 Å². The number of fused-ring (bicyclic) bond motifs is 1. The molecule has 2 N–H and O–H groups in total. The molecule has 5 heteroatoms. The molecule has 2 heterocycles. The highest BCUT2D eigenvalue weighted by molar-refractivity contribution is 6.22. The summed E-state index contributed by atoms with van der Waals surface area (Å²) >= 11 is 0. The summed E-state index contributed by atoms with van der Waals surface area (Å²) in [6, 6.07) is 15.4. The molecule has 124 valence electrons. The zero-order valence-electron chi connectivity index (χ0n) is 13.6. The van der Waals surface area contributed by atoms with Gasteiger partial charge in [0, 0.05) is 17.5 Å². The van der Waals surface area contributed by atoms with Gasteiger partial charge in [0.05, 0.1) is 11.1 Å². The average molecular weight is 331 g/mol. The third kappa shape index (κ3) is 2.96. The van der Waals surface area contributed by atoms with Crippen LogP contribution in [0.15, 0.2) is 54.7 Å². The number of imide groups is 1. The number of H-pyrrole nitrogens is 1. The van der Waals surface area contributed by atoms with E-state index in [0.717, 1.165) is 41.9 Å². The molecular weight excluding hydrogens is 314 g/mol. The number of carbonyl (C=O) groups is 2. The molecule has 4 rings (SSSR count). The summed E-state index contributed by atoms with van der Waals surface area (Å²) in [5.74, 6) is 0.271. The number of aromatic nitrogens is 2. The fourth-order valence-corrected chi connectivity index (χ4v) is 3.20. The second-order valence-corrected chi connectivity index (χ2v) is 6.10. The number of hydrogen-bond donors (Lipinski definition) is 2. The zero-order valence-corrected chi connectivity index (χ0v) is 13.6. The van der Waals surface area contributed by atoms with Crippen LogP contribution in [0.2, 0.25) is 0 Å². The van der Waals surface area contributed by atoms with E-state index in [1.54, 1.807) is 6.07 Å². The number of imidazole rings is 1. The molecule has 0 saturated carbocycles. The molecule has 1 aliphatic heterocycles. The third-order valence-corrected chi connectivity index (χ3v) is 4.42. The van der Waals surface area contributed by atoms with Crippen LogP contribution in [0.5, 0.6) is 0 Å². The standard InChI is InChI=1S/C20H17N3O2/c24-19-16-11-5-9-13(17(16)20(25)23-19)8-4-10-15-12-21-18(22-15)14-6-2-1-3-7-14/h1-3,5-7,9,11-12H,4,8,10H2,(H,21,22)(H,23,24,25). The summed E-state index contributed by atoms with van der Waals surface area (Å²) in [7, 11) is 0. The Morgan fingerprint density at radius 1 is 0.880 bits per heavy atom. The Hall–Kier alpha value is -3.21. The molecule has 0 bridgehead atoms. The lowest BCUT2D eigenvalue weighted by molar-refractivity contribution is 0.0879. The van der Waals surface area contributed by atoms with Crippen LogP contribution >= 0.6 is 0 Å². The summed E-state index contributed by atoms with van der Waals surface area (Å²) in [4.78, 5) is 31.4. The van der Waals surface area contributed by atoms with Gasteiger partial charge in [-0.05, 0) is 30.9 Å². The van der Waals surface area contributed by atoms with E-state index in [9.17, 15) is 9.59 Å². The van der Waals surface area contributed by atoms with Crippen molar-refractivity contribution in [2.24, 2.45) is 0 Å². The lowest BCUT2D eigenvalue weighted by Gasteiger charge is -2.05. The van der Waals surface area contributed by atoms with Gasteiger partial charge in [-0.15, -0.1) is 0 Å². The number of carbonyl (C=O) groups excluding carboxylic acids is 2. The number of rotatable bonds is 5. The lowest BCUT2D eigenvalue weighted by Crippen LogP contribution is -2.20. The van der Waals surface area contributed by atoms with Crippen molar-refractivity contribution in [3.63, 3.8) is 0 Å². The summed E-state index contributed by atoms with van der Waals surface area (Å²) in [6.07, 6.45) is 4.30. The Bertz CT molecular complexity index is 945. The normalized spacial score (nSPS) is 13.0. The van der Waals surface area contributed by atoms with Crippen LogP contribution in [0, 0.1) is 0 Å². The molecule has 0 fully saturated rings. The molecule has 2 aromatic carbocycles. The fraction of sp³-hybridized carbons (Fsp3) is 0.150. The van der Waals surface area contributed by atoms with E-state index in [1.165, 1.54) is 0 Å². The summed E-state index contributed by atoms with van der Waals surface area (Å²) in [5.41, 5.74) is 4.05. The second kappa shape index (κ2) is 6.36. The van der Waals surface area contributed by atoms with Gasteiger partial charge in [0.25, 0.3) is 11.8 Å². The molecule has 0 atom stereocenters. The van der Waals surface area contributed by atoms with Gasteiger partial charge in [0.15, 0.2) is 0 Å². The van der Waals surface area contributed by atoms with Crippen LogP contribution in [0.3, 0.4) is 0 Å². The van der Waals surface area contributed by atoms with E-state index in [4.69, 9.17) is 0 Å².